The molecule has 4 rings (SSSR count). The van der Waals surface area contributed by atoms with Gasteiger partial charge in [0.1, 0.15) is 18.1 Å². The second-order valence-electron chi connectivity index (χ2n) is 7.85. The Morgan fingerprint density at radius 2 is 1.82 bits per heavy atom. The highest BCUT2D eigenvalue weighted by Crippen LogP contribution is 2.29. The van der Waals surface area contributed by atoms with Gasteiger partial charge in [-0.3, -0.25) is 9.48 Å². The first kappa shape index (κ1) is 23.2. The first-order chi connectivity index (χ1) is 16.2. The number of anilines is 1. The van der Waals surface area contributed by atoms with Gasteiger partial charge in [0, 0.05) is 6.20 Å². The van der Waals surface area contributed by atoms with Crippen LogP contribution in [0.15, 0.2) is 71.4 Å². The molecule has 0 saturated heterocycles. The largest absolute Gasteiger partial charge is 0.485 e. The zero-order chi connectivity index (χ0) is 24.3. The number of alkyl halides is 3. The molecule has 0 unspecified atom stereocenters. The van der Waals surface area contributed by atoms with Crippen LogP contribution in [0.5, 0.6) is 5.75 Å². The van der Waals surface area contributed by atoms with Gasteiger partial charge in [0.05, 0.1) is 24.0 Å². The van der Waals surface area contributed by atoms with Crippen molar-refractivity contribution in [2.24, 2.45) is 0 Å². The Morgan fingerprint density at radius 1 is 1.09 bits per heavy atom. The van der Waals surface area contributed by atoms with Crippen LogP contribution in [0.4, 0.5) is 18.9 Å². The van der Waals surface area contributed by atoms with Crippen LogP contribution in [-0.4, -0.2) is 15.7 Å². The van der Waals surface area contributed by atoms with E-state index in [2.05, 4.69) is 10.4 Å². The molecule has 0 saturated carbocycles. The molecular formula is C25H22F3N3O3. The van der Waals surface area contributed by atoms with E-state index in [0.29, 0.717) is 17.0 Å². The van der Waals surface area contributed by atoms with E-state index in [-0.39, 0.29) is 18.9 Å². The van der Waals surface area contributed by atoms with E-state index in [9.17, 15) is 18.0 Å². The fourth-order valence-electron chi connectivity index (χ4n) is 3.49. The van der Waals surface area contributed by atoms with Crippen LogP contribution in [0.25, 0.3) is 0 Å². The number of aromatic nitrogens is 2. The van der Waals surface area contributed by atoms with Crippen molar-refractivity contribution < 1.29 is 27.1 Å². The van der Waals surface area contributed by atoms with Crippen molar-refractivity contribution in [2.45, 2.75) is 33.2 Å². The van der Waals surface area contributed by atoms with Crippen molar-refractivity contribution in [3.05, 3.63) is 101 Å². The number of amides is 1. The number of nitrogens with zero attached hydrogens (tertiary/aromatic N) is 2. The Labute approximate surface area is 194 Å². The van der Waals surface area contributed by atoms with Gasteiger partial charge in [-0.15, -0.1) is 0 Å². The Bertz CT molecular complexity index is 1290. The van der Waals surface area contributed by atoms with Crippen molar-refractivity contribution in [1.29, 1.82) is 0 Å². The van der Waals surface area contributed by atoms with E-state index in [1.54, 1.807) is 18.2 Å². The number of carbonyl (C=O) groups excluding carboxylic acids is 1. The molecular weight excluding hydrogens is 447 g/mol. The number of rotatable bonds is 7. The molecule has 0 spiro atoms. The summed E-state index contributed by atoms with van der Waals surface area (Å²) in [6.45, 7) is 4.21. The molecule has 2 aromatic carbocycles. The van der Waals surface area contributed by atoms with Gasteiger partial charge < -0.3 is 14.5 Å². The molecule has 0 bridgehead atoms. The number of aryl methyl sites for hydroxylation is 2. The molecule has 9 heteroatoms. The molecule has 6 nitrogen and oxygen atoms in total. The second kappa shape index (κ2) is 9.46. The first-order valence-corrected chi connectivity index (χ1v) is 10.5. The van der Waals surface area contributed by atoms with Crippen LogP contribution < -0.4 is 10.1 Å². The standard InChI is InChI=1S/C25H22F3N3O3/c1-16-5-3-6-17(2)23(16)33-15-21-9-10-22(34-21)24(32)30-20-12-29-31(14-20)13-18-7-4-8-19(11-18)25(26,27)28/h3-12,14H,13,15H2,1-2H3,(H,30,32). The molecule has 1 N–H and O–H groups in total. The molecule has 4 aromatic rings. The number of furan rings is 1. The topological polar surface area (TPSA) is 69.3 Å². The molecule has 0 radical (unpaired) electrons. The van der Waals surface area contributed by atoms with Gasteiger partial charge in [-0.1, -0.05) is 30.3 Å². The molecule has 0 fully saturated rings. The van der Waals surface area contributed by atoms with Gasteiger partial charge in [-0.05, 0) is 54.8 Å². The number of nitrogens with one attached hydrogen (secondary N) is 1. The summed E-state index contributed by atoms with van der Waals surface area (Å²) < 4.78 is 51.6. The molecule has 176 valence electrons. The zero-order valence-electron chi connectivity index (χ0n) is 18.5. The third-order valence-corrected chi connectivity index (χ3v) is 5.14. The lowest BCUT2D eigenvalue weighted by Crippen LogP contribution is -2.10. The Balaban J connectivity index is 1.36. The van der Waals surface area contributed by atoms with Crippen LogP contribution in [0, 0.1) is 13.8 Å². The smallest absolute Gasteiger partial charge is 0.416 e. The minimum Gasteiger partial charge on any atom is -0.485 e. The summed E-state index contributed by atoms with van der Waals surface area (Å²) >= 11 is 0. The SMILES string of the molecule is Cc1cccc(C)c1OCc1ccc(C(=O)Nc2cnn(Cc3cccc(C(F)(F)F)c3)c2)o1. The summed E-state index contributed by atoms with van der Waals surface area (Å²) in [4.78, 5) is 12.5. The summed E-state index contributed by atoms with van der Waals surface area (Å²) in [5.74, 6) is 0.897. The number of carbonyl (C=O) groups is 1. The van der Waals surface area contributed by atoms with E-state index in [0.717, 1.165) is 29.0 Å². The number of hydrogen-bond acceptors (Lipinski definition) is 4. The minimum absolute atomic E-state index is 0.103. The van der Waals surface area contributed by atoms with Gasteiger partial charge in [-0.2, -0.15) is 18.3 Å². The summed E-state index contributed by atoms with van der Waals surface area (Å²) in [6, 6.07) is 14.1. The lowest BCUT2D eigenvalue weighted by atomic mass is 10.1. The monoisotopic (exact) mass is 469 g/mol. The third kappa shape index (κ3) is 5.48. The van der Waals surface area contributed by atoms with Crippen molar-refractivity contribution in [1.82, 2.24) is 9.78 Å². The lowest BCUT2D eigenvalue weighted by molar-refractivity contribution is -0.137. The number of hydrogen-bond donors (Lipinski definition) is 1. The van der Waals surface area contributed by atoms with Crippen molar-refractivity contribution in [3.8, 4) is 5.75 Å². The quantitative estimate of drug-likeness (QED) is 0.361. The Morgan fingerprint density at radius 3 is 2.56 bits per heavy atom. The highest BCUT2D eigenvalue weighted by molar-refractivity contribution is 6.02. The molecule has 2 aromatic heterocycles. The predicted octanol–water partition coefficient (Wildman–Crippen LogP) is 5.99. The normalized spacial score (nSPS) is 11.4. The molecule has 0 aliphatic carbocycles. The minimum atomic E-state index is -4.41. The lowest BCUT2D eigenvalue weighted by Gasteiger charge is -2.10. The highest BCUT2D eigenvalue weighted by atomic mass is 19.4. The molecule has 0 aliphatic heterocycles. The Kier molecular flexibility index (Phi) is 6.45. The molecule has 1 amide bonds. The maximum absolute atomic E-state index is 12.9. The van der Waals surface area contributed by atoms with E-state index >= 15 is 0 Å². The van der Waals surface area contributed by atoms with Gasteiger partial charge in [-0.25, -0.2) is 0 Å². The van der Waals surface area contributed by atoms with Crippen molar-refractivity contribution >= 4 is 11.6 Å². The van der Waals surface area contributed by atoms with Crippen LogP contribution in [-0.2, 0) is 19.3 Å². The van der Waals surface area contributed by atoms with Crippen LogP contribution in [0.2, 0.25) is 0 Å². The van der Waals surface area contributed by atoms with E-state index in [1.165, 1.54) is 23.1 Å². The van der Waals surface area contributed by atoms with Gasteiger partial charge in [0.25, 0.3) is 5.91 Å². The summed E-state index contributed by atoms with van der Waals surface area (Å²) in [6.07, 6.45) is -1.46. The van der Waals surface area contributed by atoms with E-state index < -0.39 is 17.6 Å². The summed E-state index contributed by atoms with van der Waals surface area (Å²) in [5, 5.41) is 6.77. The molecule has 0 atom stereocenters. The van der Waals surface area contributed by atoms with Gasteiger partial charge in [0.2, 0.25) is 0 Å². The first-order valence-electron chi connectivity index (χ1n) is 10.5. The summed E-state index contributed by atoms with van der Waals surface area (Å²) in [5.41, 5.74) is 2.12. The van der Waals surface area contributed by atoms with Crippen molar-refractivity contribution in [2.75, 3.05) is 5.32 Å². The number of ether oxygens (including phenoxy) is 1. The van der Waals surface area contributed by atoms with Gasteiger partial charge in [0.15, 0.2) is 5.76 Å². The molecule has 0 aliphatic rings. The average molecular weight is 469 g/mol. The Hall–Kier alpha value is -4.01. The van der Waals surface area contributed by atoms with E-state index in [1.807, 2.05) is 32.0 Å². The maximum Gasteiger partial charge on any atom is 0.416 e. The fourth-order valence-corrected chi connectivity index (χ4v) is 3.49. The highest BCUT2D eigenvalue weighted by Gasteiger charge is 2.30. The van der Waals surface area contributed by atoms with Crippen LogP contribution >= 0.6 is 0 Å². The zero-order valence-corrected chi connectivity index (χ0v) is 18.5. The fraction of sp³-hybridized carbons (Fsp3) is 0.200. The number of benzene rings is 2. The number of para-hydroxylation sites is 1. The predicted molar refractivity (Wildman–Crippen MR) is 120 cm³/mol. The molecule has 34 heavy (non-hydrogen) atoms. The maximum atomic E-state index is 12.9. The molecule has 2 heterocycles. The number of halogens is 3. The van der Waals surface area contributed by atoms with Crippen LogP contribution in [0.3, 0.4) is 0 Å². The van der Waals surface area contributed by atoms with E-state index in [4.69, 9.17) is 9.15 Å². The second-order valence-corrected chi connectivity index (χ2v) is 7.85. The van der Waals surface area contributed by atoms with Crippen molar-refractivity contribution in [3.63, 3.8) is 0 Å². The van der Waals surface area contributed by atoms with Gasteiger partial charge >= 0.3 is 6.18 Å². The average Bonchev–Trinajstić information content (AvgIpc) is 3.43. The summed E-state index contributed by atoms with van der Waals surface area (Å²) in [7, 11) is 0. The third-order valence-electron chi connectivity index (χ3n) is 5.14. The van der Waals surface area contributed by atoms with Crippen LogP contribution in [0.1, 0.15) is 38.6 Å².